The van der Waals surface area contributed by atoms with Crippen LogP contribution < -0.4 is 10.2 Å². The predicted molar refractivity (Wildman–Crippen MR) is 96.0 cm³/mol. The van der Waals surface area contributed by atoms with Crippen molar-refractivity contribution in [2.45, 2.75) is 6.42 Å². The molecule has 2 aromatic rings. The first kappa shape index (κ1) is 16.3. The molecule has 0 bridgehead atoms. The van der Waals surface area contributed by atoms with Crippen LogP contribution in [-0.2, 0) is 11.2 Å². The molecule has 0 atom stereocenters. The number of fused-ring (bicyclic) bond motifs is 1. The Morgan fingerprint density at radius 3 is 3.12 bits per heavy atom. The highest BCUT2D eigenvalue weighted by Crippen LogP contribution is 2.33. The van der Waals surface area contributed by atoms with Crippen molar-refractivity contribution in [3.8, 4) is 5.75 Å². The normalized spacial score (nSPS) is 12.9. The molecule has 0 fully saturated rings. The molecule has 0 aliphatic heterocycles. The van der Waals surface area contributed by atoms with Crippen molar-refractivity contribution in [1.82, 2.24) is 5.43 Å². The Bertz CT molecular complexity index is 808. The van der Waals surface area contributed by atoms with E-state index < -0.39 is 0 Å². The number of nitrogens with zero attached hydrogens (tertiary/aromatic N) is 1. The number of carbonyl (C=O) groups is 1. The lowest BCUT2D eigenvalue weighted by atomic mass is 10.1. The summed E-state index contributed by atoms with van der Waals surface area (Å²) < 4.78 is 11.5. The van der Waals surface area contributed by atoms with Crippen molar-refractivity contribution in [2.75, 3.05) is 6.61 Å². The Morgan fingerprint density at radius 1 is 1.38 bits per heavy atom. The number of amides is 1. The van der Waals surface area contributed by atoms with Gasteiger partial charge in [0.25, 0.3) is 5.91 Å². The highest BCUT2D eigenvalue weighted by Gasteiger charge is 2.12. The standard InChI is InChI=1S/C18H15BrN2O3/c19-18-15-7-3-1-2-5-13(15)8-9-16(18)24-12-17(22)21-20-11-14-6-4-10-23-14/h1-4,6-11H,5,12H2,(H,21,22)/b20-11+. The summed E-state index contributed by atoms with van der Waals surface area (Å²) >= 11 is 3.55. The molecule has 1 amide bonds. The summed E-state index contributed by atoms with van der Waals surface area (Å²) in [4.78, 5) is 11.8. The molecule has 0 unspecified atom stereocenters. The van der Waals surface area contributed by atoms with E-state index in [9.17, 15) is 4.79 Å². The molecule has 5 nitrogen and oxygen atoms in total. The first-order valence-corrected chi connectivity index (χ1v) is 8.16. The van der Waals surface area contributed by atoms with Crippen molar-refractivity contribution in [2.24, 2.45) is 5.10 Å². The smallest absolute Gasteiger partial charge is 0.277 e. The molecular formula is C18H15BrN2O3. The third-order valence-corrected chi connectivity index (χ3v) is 4.18. The zero-order valence-corrected chi connectivity index (χ0v) is 14.3. The first-order valence-electron chi connectivity index (χ1n) is 7.37. The summed E-state index contributed by atoms with van der Waals surface area (Å²) in [7, 11) is 0. The Hall–Kier alpha value is -2.60. The molecule has 3 rings (SSSR count). The van der Waals surface area contributed by atoms with Gasteiger partial charge in [-0.15, -0.1) is 0 Å². The molecule has 122 valence electrons. The molecule has 1 aromatic heterocycles. The second-order valence-electron chi connectivity index (χ2n) is 5.04. The minimum atomic E-state index is -0.350. The quantitative estimate of drug-likeness (QED) is 0.629. The SMILES string of the molecule is O=C(COc1ccc2c(c1Br)C=CC=CC2)N/N=C/c1ccco1. The van der Waals surface area contributed by atoms with Crippen molar-refractivity contribution >= 4 is 34.1 Å². The van der Waals surface area contributed by atoms with E-state index in [1.54, 1.807) is 12.1 Å². The molecule has 1 N–H and O–H groups in total. The second-order valence-corrected chi connectivity index (χ2v) is 5.83. The lowest BCUT2D eigenvalue weighted by molar-refractivity contribution is -0.123. The van der Waals surface area contributed by atoms with E-state index in [4.69, 9.17) is 9.15 Å². The Morgan fingerprint density at radius 2 is 2.29 bits per heavy atom. The van der Waals surface area contributed by atoms with Crippen LogP contribution in [0, 0.1) is 0 Å². The fraction of sp³-hybridized carbons (Fsp3) is 0.111. The molecule has 1 aliphatic carbocycles. The van der Waals surface area contributed by atoms with Gasteiger partial charge in [0.1, 0.15) is 11.5 Å². The molecule has 0 radical (unpaired) electrons. The third-order valence-electron chi connectivity index (χ3n) is 3.37. The van der Waals surface area contributed by atoms with Crippen molar-refractivity contribution < 1.29 is 13.9 Å². The molecule has 0 saturated heterocycles. The van der Waals surface area contributed by atoms with E-state index >= 15 is 0 Å². The van der Waals surface area contributed by atoms with E-state index in [0.29, 0.717) is 11.5 Å². The van der Waals surface area contributed by atoms with E-state index in [1.807, 2.05) is 30.4 Å². The van der Waals surface area contributed by atoms with Gasteiger partial charge in [-0.2, -0.15) is 5.10 Å². The Labute approximate surface area is 147 Å². The predicted octanol–water partition coefficient (Wildman–Crippen LogP) is 3.70. The zero-order chi connectivity index (χ0) is 16.8. The van der Waals surface area contributed by atoms with Gasteiger partial charge in [-0.25, -0.2) is 5.43 Å². The van der Waals surface area contributed by atoms with Crippen LogP contribution in [0.4, 0.5) is 0 Å². The Balaban J connectivity index is 1.58. The molecule has 6 heteroatoms. The molecule has 0 saturated carbocycles. The summed E-state index contributed by atoms with van der Waals surface area (Å²) in [5.41, 5.74) is 4.65. The zero-order valence-electron chi connectivity index (χ0n) is 12.7. The average Bonchev–Trinajstić information content (AvgIpc) is 2.97. The number of furan rings is 1. The number of nitrogens with one attached hydrogen (secondary N) is 1. The van der Waals surface area contributed by atoms with Crippen LogP contribution in [0.25, 0.3) is 6.08 Å². The maximum absolute atomic E-state index is 11.8. The van der Waals surface area contributed by atoms with E-state index in [-0.39, 0.29) is 12.5 Å². The third kappa shape index (κ3) is 4.02. The fourth-order valence-corrected chi connectivity index (χ4v) is 2.85. The second kappa shape index (κ2) is 7.79. The highest BCUT2D eigenvalue weighted by atomic mass is 79.9. The number of allylic oxidation sites excluding steroid dienone is 3. The highest BCUT2D eigenvalue weighted by molar-refractivity contribution is 9.10. The Kier molecular flexibility index (Phi) is 5.28. The minimum absolute atomic E-state index is 0.130. The minimum Gasteiger partial charge on any atom is -0.483 e. The van der Waals surface area contributed by atoms with Gasteiger partial charge < -0.3 is 9.15 Å². The number of hydrazone groups is 1. The number of rotatable bonds is 5. The number of hydrogen-bond donors (Lipinski definition) is 1. The van der Waals surface area contributed by atoms with Gasteiger partial charge in [0.2, 0.25) is 0 Å². The lowest BCUT2D eigenvalue weighted by Gasteiger charge is -2.12. The van der Waals surface area contributed by atoms with Gasteiger partial charge in [0, 0.05) is 0 Å². The van der Waals surface area contributed by atoms with Crippen LogP contribution in [-0.4, -0.2) is 18.7 Å². The van der Waals surface area contributed by atoms with Gasteiger partial charge in [0.05, 0.1) is 17.0 Å². The maximum Gasteiger partial charge on any atom is 0.277 e. The van der Waals surface area contributed by atoms with Gasteiger partial charge in [-0.3, -0.25) is 4.79 Å². The van der Waals surface area contributed by atoms with E-state index in [1.165, 1.54) is 18.0 Å². The first-order chi connectivity index (χ1) is 11.7. The van der Waals surface area contributed by atoms with Crippen LogP contribution in [0.15, 0.2) is 62.7 Å². The maximum atomic E-state index is 11.8. The molecule has 1 aromatic carbocycles. The molecule has 1 aliphatic rings. The fourth-order valence-electron chi connectivity index (χ4n) is 2.22. The summed E-state index contributed by atoms with van der Waals surface area (Å²) in [6.45, 7) is -0.130. The lowest BCUT2D eigenvalue weighted by Crippen LogP contribution is -2.24. The van der Waals surface area contributed by atoms with Crippen molar-refractivity contribution in [3.05, 3.63) is 70.1 Å². The number of benzene rings is 1. The summed E-state index contributed by atoms with van der Waals surface area (Å²) in [5.74, 6) is 0.826. The van der Waals surface area contributed by atoms with Gasteiger partial charge in [0.15, 0.2) is 6.61 Å². The van der Waals surface area contributed by atoms with E-state index in [2.05, 4.69) is 32.5 Å². The van der Waals surface area contributed by atoms with Crippen LogP contribution in [0.1, 0.15) is 16.9 Å². The summed E-state index contributed by atoms with van der Waals surface area (Å²) in [6, 6.07) is 7.34. The molecular weight excluding hydrogens is 372 g/mol. The van der Waals surface area contributed by atoms with Crippen molar-refractivity contribution in [1.29, 1.82) is 0 Å². The van der Waals surface area contributed by atoms with Crippen LogP contribution >= 0.6 is 15.9 Å². The van der Waals surface area contributed by atoms with Crippen LogP contribution in [0.2, 0.25) is 0 Å². The van der Waals surface area contributed by atoms with Crippen LogP contribution in [0.3, 0.4) is 0 Å². The monoisotopic (exact) mass is 386 g/mol. The van der Waals surface area contributed by atoms with Crippen LogP contribution in [0.5, 0.6) is 5.75 Å². The van der Waals surface area contributed by atoms with Gasteiger partial charge >= 0.3 is 0 Å². The van der Waals surface area contributed by atoms with Gasteiger partial charge in [-0.1, -0.05) is 30.4 Å². The summed E-state index contributed by atoms with van der Waals surface area (Å²) in [6.07, 6.45) is 11.9. The number of halogens is 1. The summed E-state index contributed by atoms with van der Waals surface area (Å²) in [5, 5.41) is 3.80. The number of ether oxygens (including phenoxy) is 1. The molecule has 0 spiro atoms. The van der Waals surface area contributed by atoms with Gasteiger partial charge in [-0.05, 0) is 51.7 Å². The number of carbonyl (C=O) groups excluding carboxylic acids is 1. The van der Waals surface area contributed by atoms with E-state index in [0.717, 1.165) is 16.5 Å². The topological polar surface area (TPSA) is 63.8 Å². The average molecular weight is 387 g/mol. The van der Waals surface area contributed by atoms with Crippen molar-refractivity contribution in [3.63, 3.8) is 0 Å². The molecule has 24 heavy (non-hydrogen) atoms. The largest absolute Gasteiger partial charge is 0.483 e. The number of hydrogen-bond acceptors (Lipinski definition) is 4. The molecule has 1 heterocycles.